The average Bonchev–Trinajstić information content (AvgIpc) is 2.48. The number of nitrogens with zero attached hydrogens (tertiary/aromatic N) is 1. The van der Waals surface area contributed by atoms with Crippen LogP contribution in [0.3, 0.4) is 0 Å². The van der Waals surface area contributed by atoms with Crippen LogP contribution in [0.5, 0.6) is 0 Å². The summed E-state index contributed by atoms with van der Waals surface area (Å²) in [6.07, 6.45) is 4.92. The largest absolute Gasteiger partial charge is 0.264 e. The maximum Gasteiger partial charge on any atom is 0.0311 e. The molecule has 2 aromatic rings. The van der Waals surface area contributed by atoms with Gasteiger partial charge in [0, 0.05) is 23.0 Å². The zero-order chi connectivity index (χ0) is 10.1. The van der Waals surface area contributed by atoms with Crippen molar-refractivity contribution in [2.45, 2.75) is 17.1 Å². The van der Waals surface area contributed by atoms with E-state index < -0.39 is 0 Å². The van der Waals surface area contributed by atoms with Crippen molar-refractivity contribution >= 4 is 11.8 Å². The van der Waals surface area contributed by atoms with E-state index in [2.05, 4.69) is 35.3 Å². The van der Waals surface area contributed by atoms with Gasteiger partial charge in [-0.3, -0.25) is 4.98 Å². The third-order valence-electron chi connectivity index (χ3n) is 2.74. The Bertz CT molecular complexity index is 448. The fourth-order valence-corrected chi connectivity index (χ4v) is 2.98. The van der Waals surface area contributed by atoms with Crippen molar-refractivity contribution in [1.29, 1.82) is 0 Å². The fourth-order valence-electron chi connectivity index (χ4n) is 1.91. The molecule has 0 spiro atoms. The first kappa shape index (κ1) is 8.98. The van der Waals surface area contributed by atoms with Crippen LogP contribution in [-0.2, 0) is 12.2 Å². The van der Waals surface area contributed by atoms with E-state index in [1.807, 2.05) is 24.2 Å². The van der Waals surface area contributed by atoms with Crippen molar-refractivity contribution < 1.29 is 0 Å². The first-order valence-corrected chi connectivity index (χ1v) is 6.04. The predicted molar refractivity (Wildman–Crippen MR) is 63.0 cm³/mol. The molecule has 15 heavy (non-hydrogen) atoms. The smallest absolute Gasteiger partial charge is 0.0311 e. The molecule has 0 unspecified atom stereocenters. The highest BCUT2D eigenvalue weighted by Gasteiger charge is 2.12. The number of fused-ring (bicyclic) bond motifs is 2. The Morgan fingerprint density at radius 2 is 1.93 bits per heavy atom. The van der Waals surface area contributed by atoms with Crippen LogP contribution < -0.4 is 0 Å². The lowest BCUT2D eigenvalue weighted by atomic mass is 10.0. The van der Waals surface area contributed by atoms with Gasteiger partial charge in [-0.2, -0.15) is 0 Å². The average molecular weight is 213 g/mol. The van der Waals surface area contributed by atoms with Gasteiger partial charge in [0.15, 0.2) is 0 Å². The highest BCUT2D eigenvalue weighted by atomic mass is 32.2. The second kappa shape index (κ2) is 3.70. The van der Waals surface area contributed by atoms with Gasteiger partial charge >= 0.3 is 0 Å². The summed E-state index contributed by atoms with van der Waals surface area (Å²) < 4.78 is 0. The summed E-state index contributed by atoms with van der Waals surface area (Å²) in [5, 5.41) is 0. The molecule has 3 rings (SSSR count). The van der Waals surface area contributed by atoms with Gasteiger partial charge in [-0.25, -0.2) is 0 Å². The molecule has 2 heteroatoms. The molecule has 0 aliphatic carbocycles. The summed E-state index contributed by atoms with van der Waals surface area (Å²) in [6.45, 7) is 0. The molecular weight excluding hydrogens is 202 g/mol. The first-order chi connectivity index (χ1) is 7.43. The van der Waals surface area contributed by atoms with Crippen LogP contribution in [0.15, 0.2) is 47.6 Å². The van der Waals surface area contributed by atoms with Crippen molar-refractivity contribution in [2.24, 2.45) is 0 Å². The lowest BCUT2D eigenvalue weighted by molar-refractivity contribution is 1.10. The molecular formula is C13H11NS. The third-order valence-corrected chi connectivity index (χ3v) is 3.91. The minimum absolute atomic E-state index is 1.04. The molecule has 0 amide bonds. The SMILES string of the molecule is c1ccc2c(c1)Cc1ccncc1CS2. The van der Waals surface area contributed by atoms with Gasteiger partial charge in [0.25, 0.3) is 0 Å². The van der Waals surface area contributed by atoms with E-state index in [-0.39, 0.29) is 0 Å². The zero-order valence-electron chi connectivity index (χ0n) is 8.31. The molecule has 0 bridgehead atoms. The van der Waals surface area contributed by atoms with E-state index >= 15 is 0 Å². The van der Waals surface area contributed by atoms with Gasteiger partial charge in [0.05, 0.1) is 0 Å². The summed E-state index contributed by atoms with van der Waals surface area (Å²) >= 11 is 1.91. The molecule has 0 fully saturated rings. The van der Waals surface area contributed by atoms with Crippen LogP contribution in [0.4, 0.5) is 0 Å². The molecule has 1 aliphatic rings. The maximum atomic E-state index is 4.19. The van der Waals surface area contributed by atoms with Gasteiger partial charge < -0.3 is 0 Å². The molecule has 0 radical (unpaired) electrons. The van der Waals surface area contributed by atoms with Gasteiger partial charge in [-0.1, -0.05) is 18.2 Å². The molecule has 0 saturated carbocycles. The fraction of sp³-hybridized carbons (Fsp3) is 0.154. The van der Waals surface area contributed by atoms with E-state index in [4.69, 9.17) is 0 Å². The summed E-state index contributed by atoms with van der Waals surface area (Å²) in [4.78, 5) is 5.60. The van der Waals surface area contributed by atoms with Gasteiger partial charge in [0.1, 0.15) is 0 Å². The zero-order valence-corrected chi connectivity index (χ0v) is 9.13. The molecule has 0 saturated heterocycles. The highest BCUT2D eigenvalue weighted by molar-refractivity contribution is 7.98. The summed E-state index contributed by atoms with van der Waals surface area (Å²) in [5.41, 5.74) is 4.23. The minimum Gasteiger partial charge on any atom is -0.264 e. The quantitative estimate of drug-likeness (QED) is 0.666. The van der Waals surface area contributed by atoms with Gasteiger partial charge in [-0.05, 0) is 35.2 Å². The molecule has 1 aromatic heterocycles. The predicted octanol–water partition coefficient (Wildman–Crippen LogP) is 3.28. The van der Waals surface area contributed by atoms with Crippen LogP contribution in [0.25, 0.3) is 0 Å². The van der Waals surface area contributed by atoms with E-state index in [1.54, 1.807) is 0 Å². The Hall–Kier alpha value is -1.28. The third kappa shape index (κ3) is 1.65. The lowest BCUT2D eigenvalue weighted by Gasteiger charge is -2.03. The second-order valence-electron chi connectivity index (χ2n) is 3.72. The van der Waals surface area contributed by atoms with Gasteiger partial charge in [-0.15, -0.1) is 11.8 Å². The number of thioether (sulfide) groups is 1. The molecule has 1 nitrogen and oxygen atoms in total. The second-order valence-corrected chi connectivity index (χ2v) is 4.73. The van der Waals surface area contributed by atoms with E-state index in [0.29, 0.717) is 0 Å². The van der Waals surface area contributed by atoms with Crippen molar-refractivity contribution in [3.63, 3.8) is 0 Å². The van der Waals surface area contributed by atoms with E-state index in [0.717, 1.165) is 12.2 Å². The molecule has 74 valence electrons. The van der Waals surface area contributed by atoms with Crippen molar-refractivity contribution in [2.75, 3.05) is 0 Å². The lowest BCUT2D eigenvalue weighted by Crippen LogP contribution is -1.92. The Morgan fingerprint density at radius 1 is 1.00 bits per heavy atom. The Morgan fingerprint density at radius 3 is 2.93 bits per heavy atom. The number of aromatic nitrogens is 1. The number of hydrogen-bond acceptors (Lipinski definition) is 2. The van der Waals surface area contributed by atoms with Crippen LogP contribution in [-0.4, -0.2) is 4.98 Å². The molecule has 1 aliphatic heterocycles. The highest BCUT2D eigenvalue weighted by Crippen LogP contribution is 2.32. The normalized spacial score (nSPS) is 13.9. The molecule has 1 aromatic carbocycles. The molecule has 0 N–H and O–H groups in total. The maximum absolute atomic E-state index is 4.19. The van der Waals surface area contributed by atoms with E-state index in [9.17, 15) is 0 Å². The van der Waals surface area contributed by atoms with Crippen molar-refractivity contribution in [1.82, 2.24) is 4.98 Å². The van der Waals surface area contributed by atoms with E-state index in [1.165, 1.54) is 21.6 Å². The van der Waals surface area contributed by atoms with Crippen LogP contribution >= 0.6 is 11.8 Å². The van der Waals surface area contributed by atoms with Crippen molar-refractivity contribution in [3.05, 3.63) is 59.4 Å². The number of pyridine rings is 1. The monoisotopic (exact) mass is 213 g/mol. The summed E-state index contributed by atoms with van der Waals surface area (Å²) in [7, 11) is 0. The minimum atomic E-state index is 1.04. The molecule has 0 atom stereocenters. The topological polar surface area (TPSA) is 12.9 Å². The molecule has 2 heterocycles. The van der Waals surface area contributed by atoms with Crippen molar-refractivity contribution in [3.8, 4) is 0 Å². The van der Waals surface area contributed by atoms with Crippen LogP contribution in [0, 0.1) is 0 Å². The Kier molecular flexibility index (Phi) is 2.22. The van der Waals surface area contributed by atoms with Crippen LogP contribution in [0.2, 0.25) is 0 Å². The van der Waals surface area contributed by atoms with Crippen LogP contribution in [0.1, 0.15) is 16.7 Å². The Labute approximate surface area is 93.6 Å². The number of rotatable bonds is 0. The summed E-state index contributed by atoms with van der Waals surface area (Å²) in [6, 6.07) is 10.8. The summed E-state index contributed by atoms with van der Waals surface area (Å²) in [5.74, 6) is 1.04. The standard InChI is InChI=1S/C13H11NS/c1-2-4-13-11(3-1)7-10-5-6-14-8-12(10)9-15-13/h1-6,8H,7,9H2. The van der Waals surface area contributed by atoms with Gasteiger partial charge in [0.2, 0.25) is 0 Å². The number of benzene rings is 1. The Balaban J connectivity index is 2.10. The first-order valence-electron chi connectivity index (χ1n) is 5.06. The number of hydrogen-bond donors (Lipinski definition) is 0.